The molecule has 6 nitrogen and oxygen atoms in total. The Morgan fingerprint density at radius 1 is 0.469 bits per heavy atom. The lowest BCUT2D eigenvalue weighted by molar-refractivity contribution is 0.0371. The molecule has 0 bridgehead atoms. The van der Waals surface area contributed by atoms with Gasteiger partial charge in [0, 0.05) is 21.5 Å². The Bertz CT molecular complexity index is 1800. The second kappa shape index (κ2) is 5.23. The highest BCUT2D eigenvalue weighted by Crippen LogP contribution is 2.47. The van der Waals surface area contributed by atoms with E-state index in [1.54, 1.807) is 12.1 Å². The summed E-state index contributed by atoms with van der Waals surface area (Å²) in [6.45, 7) is 0. The van der Waals surface area contributed by atoms with Gasteiger partial charge >= 0.3 is 23.9 Å². The third kappa shape index (κ3) is 1.72. The van der Waals surface area contributed by atoms with Crippen molar-refractivity contribution in [3.63, 3.8) is 0 Å². The van der Waals surface area contributed by atoms with E-state index in [0.717, 1.165) is 0 Å². The summed E-state index contributed by atoms with van der Waals surface area (Å²) < 4.78 is 40.0. The molecule has 152 valence electrons. The van der Waals surface area contributed by atoms with Gasteiger partial charge in [-0.3, -0.25) is 0 Å². The first-order valence-electron chi connectivity index (χ1n) is 9.49. The molecule has 0 atom stereocenters. The number of esters is 4. The average Bonchev–Trinajstić information content (AvgIpc) is 2.77. The number of benzene rings is 5. The van der Waals surface area contributed by atoms with Crippen LogP contribution in [0, 0.1) is 11.6 Å². The monoisotopic (exact) mass is 428 g/mol. The summed E-state index contributed by atoms with van der Waals surface area (Å²) in [7, 11) is 0. The van der Waals surface area contributed by atoms with Gasteiger partial charge in [0.05, 0.1) is 16.7 Å². The predicted molar refractivity (Wildman–Crippen MR) is 107 cm³/mol. The van der Waals surface area contributed by atoms with Crippen LogP contribution in [0.15, 0.2) is 36.4 Å². The maximum Gasteiger partial charge on any atom is 0.349 e. The molecule has 8 heteroatoms. The number of halogens is 2. The van der Waals surface area contributed by atoms with Crippen molar-refractivity contribution in [3.8, 4) is 0 Å². The average molecular weight is 428 g/mol. The molecule has 0 saturated heterocycles. The highest BCUT2D eigenvalue weighted by atomic mass is 19.2. The lowest BCUT2D eigenvalue weighted by atomic mass is 9.83. The van der Waals surface area contributed by atoms with E-state index in [2.05, 4.69) is 4.74 Å². The standard InChI is InChI=1S/C24H6F2O6/c25-19-17-9-3-6-11-14-10(21(27)31-22(11)28)4-1-7(13(9)14)8-2-5-12-16(15(8)17)18(20(19)26)24(30)32-23(12)29/h1-6H. The fourth-order valence-corrected chi connectivity index (χ4v) is 5.05. The first-order valence-corrected chi connectivity index (χ1v) is 9.49. The molecule has 32 heavy (non-hydrogen) atoms. The molecule has 2 aliphatic heterocycles. The van der Waals surface area contributed by atoms with Crippen LogP contribution in [0.1, 0.15) is 41.4 Å². The molecular weight excluding hydrogens is 422 g/mol. The Hall–Kier alpha value is -4.46. The fourth-order valence-electron chi connectivity index (χ4n) is 5.05. The number of cyclic esters (lactones) is 4. The molecule has 0 spiro atoms. The molecule has 0 amide bonds. The summed E-state index contributed by atoms with van der Waals surface area (Å²) >= 11 is 0. The van der Waals surface area contributed by atoms with Gasteiger partial charge in [-0.05, 0) is 39.7 Å². The number of rotatable bonds is 0. The minimum absolute atomic E-state index is 0.0211. The van der Waals surface area contributed by atoms with E-state index in [-0.39, 0.29) is 43.6 Å². The van der Waals surface area contributed by atoms with Crippen molar-refractivity contribution in [1.82, 2.24) is 0 Å². The maximum absolute atomic E-state index is 15.5. The summed E-state index contributed by atoms with van der Waals surface area (Å²) in [5.41, 5.74) is -0.417. The van der Waals surface area contributed by atoms with E-state index in [0.29, 0.717) is 16.2 Å². The van der Waals surface area contributed by atoms with Crippen molar-refractivity contribution in [3.05, 3.63) is 70.3 Å². The smallest absolute Gasteiger partial charge is 0.349 e. The molecule has 5 aromatic rings. The topological polar surface area (TPSA) is 86.7 Å². The van der Waals surface area contributed by atoms with Crippen LogP contribution in [0.4, 0.5) is 8.78 Å². The highest BCUT2D eigenvalue weighted by molar-refractivity contribution is 6.40. The predicted octanol–water partition coefficient (Wildman–Crippen LogP) is 4.64. The zero-order valence-electron chi connectivity index (χ0n) is 15.7. The van der Waals surface area contributed by atoms with Gasteiger partial charge in [0.1, 0.15) is 5.56 Å². The molecule has 2 heterocycles. The van der Waals surface area contributed by atoms with Crippen LogP contribution in [0.3, 0.4) is 0 Å². The largest absolute Gasteiger partial charge is 0.386 e. The number of ether oxygens (including phenoxy) is 2. The van der Waals surface area contributed by atoms with Crippen molar-refractivity contribution in [2.45, 2.75) is 0 Å². The van der Waals surface area contributed by atoms with Crippen LogP contribution >= 0.6 is 0 Å². The molecule has 0 fully saturated rings. The fraction of sp³-hybridized carbons (Fsp3) is 0. The molecule has 0 N–H and O–H groups in total. The van der Waals surface area contributed by atoms with Crippen molar-refractivity contribution in [1.29, 1.82) is 0 Å². The molecule has 2 aliphatic rings. The lowest BCUT2D eigenvalue weighted by Gasteiger charge is -2.23. The molecule has 0 aromatic heterocycles. The summed E-state index contributed by atoms with van der Waals surface area (Å²) in [5.74, 6) is -6.58. The first-order chi connectivity index (χ1) is 15.4. The summed E-state index contributed by atoms with van der Waals surface area (Å²) in [6.07, 6.45) is 0. The molecule has 0 aliphatic carbocycles. The van der Waals surface area contributed by atoms with Crippen LogP contribution in [-0.2, 0) is 9.47 Å². The van der Waals surface area contributed by atoms with Gasteiger partial charge in [-0.15, -0.1) is 0 Å². The van der Waals surface area contributed by atoms with E-state index < -0.39 is 41.1 Å². The lowest BCUT2D eigenvalue weighted by Crippen LogP contribution is -2.22. The SMILES string of the molecule is O=C1OC(=O)c2ccc3c4c(F)c(F)c5c6c(ccc(c7ccc1c2c73)c64)C(=O)OC5=O. The highest BCUT2D eigenvalue weighted by Gasteiger charge is 2.36. The number of carbonyl (C=O) groups excluding carboxylic acids is 4. The van der Waals surface area contributed by atoms with Gasteiger partial charge in [0.15, 0.2) is 11.6 Å². The number of hydrogen-bond acceptors (Lipinski definition) is 6. The second-order valence-corrected chi connectivity index (χ2v) is 7.71. The number of carbonyl (C=O) groups is 4. The van der Waals surface area contributed by atoms with Crippen molar-refractivity contribution >= 4 is 67.0 Å². The van der Waals surface area contributed by atoms with Crippen LogP contribution in [0.2, 0.25) is 0 Å². The molecule has 0 unspecified atom stereocenters. The Morgan fingerprint density at radius 3 is 1.59 bits per heavy atom. The van der Waals surface area contributed by atoms with Gasteiger partial charge in [-0.1, -0.05) is 18.2 Å². The molecular formula is C24H6F2O6. The second-order valence-electron chi connectivity index (χ2n) is 7.71. The Kier molecular flexibility index (Phi) is 2.82. The minimum Gasteiger partial charge on any atom is -0.386 e. The Morgan fingerprint density at radius 2 is 0.969 bits per heavy atom. The van der Waals surface area contributed by atoms with Crippen molar-refractivity contribution in [2.24, 2.45) is 0 Å². The molecule has 7 rings (SSSR count). The Balaban J connectivity index is 1.87. The van der Waals surface area contributed by atoms with Crippen LogP contribution < -0.4 is 0 Å². The first kappa shape index (κ1) is 17.2. The zero-order chi connectivity index (χ0) is 22.0. The van der Waals surface area contributed by atoms with Crippen molar-refractivity contribution in [2.75, 3.05) is 0 Å². The van der Waals surface area contributed by atoms with Crippen LogP contribution in [-0.4, -0.2) is 23.9 Å². The van der Waals surface area contributed by atoms with Gasteiger partial charge in [-0.25, -0.2) is 28.0 Å². The van der Waals surface area contributed by atoms with Gasteiger partial charge < -0.3 is 9.47 Å². The van der Waals surface area contributed by atoms with E-state index in [9.17, 15) is 19.2 Å². The minimum atomic E-state index is -1.43. The molecule has 5 aromatic carbocycles. The maximum atomic E-state index is 15.5. The van der Waals surface area contributed by atoms with Crippen LogP contribution in [0.25, 0.3) is 43.1 Å². The third-order valence-electron chi connectivity index (χ3n) is 6.29. The van der Waals surface area contributed by atoms with E-state index in [1.807, 2.05) is 0 Å². The molecule has 0 radical (unpaired) electrons. The van der Waals surface area contributed by atoms with Gasteiger partial charge in [0.2, 0.25) is 0 Å². The third-order valence-corrected chi connectivity index (χ3v) is 6.29. The zero-order valence-corrected chi connectivity index (χ0v) is 15.7. The quantitative estimate of drug-likeness (QED) is 0.155. The summed E-state index contributed by atoms with van der Waals surface area (Å²) in [4.78, 5) is 49.2. The van der Waals surface area contributed by atoms with E-state index in [4.69, 9.17) is 4.74 Å². The Labute approximate surface area is 175 Å². The van der Waals surface area contributed by atoms with Gasteiger partial charge in [0.25, 0.3) is 0 Å². The van der Waals surface area contributed by atoms with Crippen molar-refractivity contribution < 1.29 is 37.4 Å². The number of fused-ring (bicyclic) bond motifs is 2. The summed E-state index contributed by atoms with van der Waals surface area (Å²) in [6, 6.07) is 8.88. The normalized spacial score (nSPS) is 15.3. The number of hydrogen-bond donors (Lipinski definition) is 0. The van der Waals surface area contributed by atoms with E-state index >= 15 is 8.78 Å². The summed E-state index contributed by atoms with van der Waals surface area (Å²) in [5, 5.41) is 1.92. The van der Waals surface area contributed by atoms with E-state index in [1.165, 1.54) is 24.3 Å². The molecule has 0 saturated carbocycles. The van der Waals surface area contributed by atoms with Crippen LogP contribution in [0.5, 0.6) is 0 Å². The van der Waals surface area contributed by atoms with Gasteiger partial charge in [-0.2, -0.15) is 0 Å².